The average Bonchev–Trinajstić information content (AvgIpc) is 2.80. The Morgan fingerprint density at radius 1 is 1.03 bits per heavy atom. The summed E-state index contributed by atoms with van der Waals surface area (Å²) in [4.78, 5) is 17.6. The predicted molar refractivity (Wildman–Crippen MR) is 117 cm³/mol. The van der Waals surface area contributed by atoms with Gasteiger partial charge in [0.2, 0.25) is 10.0 Å². The summed E-state index contributed by atoms with van der Waals surface area (Å²) in [5.41, 5.74) is 2.29. The predicted octanol–water partition coefficient (Wildman–Crippen LogP) is 2.73. The summed E-state index contributed by atoms with van der Waals surface area (Å²) in [7, 11) is -2.06. The molecule has 5 rings (SSSR count). The molecule has 0 spiro atoms. The second kappa shape index (κ2) is 7.62. The fourth-order valence-corrected chi connectivity index (χ4v) is 6.30. The van der Waals surface area contributed by atoms with Crippen LogP contribution in [0.5, 0.6) is 5.75 Å². The minimum atomic E-state index is -3.61. The summed E-state index contributed by atoms with van der Waals surface area (Å²) < 4.78 is 35.0. The minimum absolute atomic E-state index is 0.00354. The number of hydrogen-bond acceptors (Lipinski definition) is 5. The highest BCUT2D eigenvalue weighted by Gasteiger charge is 2.39. The highest BCUT2D eigenvalue weighted by Crippen LogP contribution is 2.37. The smallest absolute Gasteiger partial charge is 0.258 e. The fraction of sp³-hybridized carbons (Fsp3) is 0.304. The Morgan fingerprint density at radius 3 is 2.55 bits per heavy atom. The Labute approximate surface area is 181 Å². The van der Waals surface area contributed by atoms with E-state index in [-0.39, 0.29) is 22.3 Å². The first kappa shape index (κ1) is 20.0. The highest BCUT2D eigenvalue weighted by atomic mass is 32.2. The lowest BCUT2D eigenvalue weighted by Crippen LogP contribution is -2.49. The number of aromatic nitrogens is 2. The van der Waals surface area contributed by atoms with Crippen molar-refractivity contribution < 1.29 is 13.2 Å². The Bertz CT molecular complexity index is 1270. The van der Waals surface area contributed by atoms with Crippen molar-refractivity contribution >= 4 is 10.0 Å². The third-order valence-electron chi connectivity index (χ3n) is 6.24. The number of nitrogens with zero attached hydrogens (tertiary/aromatic N) is 3. The van der Waals surface area contributed by atoms with Gasteiger partial charge in [0, 0.05) is 54.8 Å². The third-order valence-corrected chi connectivity index (χ3v) is 8.09. The van der Waals surface area contributed by atoms with Crippen molar-refractivity contribution in [3.63, 3.8) is 0 Å². The van der Waals surface area contributed by atoms with Gasteiger partial charge in [0.05, 0.1) is 12.0 Å². The SMILES string of the molecule is COc1ccc(S(=O)(=O)N2CC3CC(C2)c2ccc(-c4cccnc4)c(=O)n2C3)cc1. The zero-order valence-corrected chi connectivity index (χ0v) is 18.0. The summed E-state index contributed by atoms with van der Waals surface area (Å²) in [6.07, 6.45) is 4.26. The first-order valence-corrected chi connectivity index (χ1v) is 11.7. The number of ether oxygens (including phenoxy) is 1. The Balaban J connectivity index is 1.47. The molecule has 2 aliphatic rings. The van der Waals surface area contributed by atoms with Gasteiger partial charge in [0.25, 0.3) is 5.56 Å². The molecule has 0 amide bonds. The monoisotopic (exact) mass is 437 g/mol. The number of piperidine rings is 1. The molecule has 1 fully saturated rings. The van der Waals surface area contributed by atoms with E-state index in [1.807, 2.05) is 28.8 Å². The van der Waals surface area contributed by atoms with Crippen molar-refractivity contribution in [3.05, 3.63) is 77.0 Å². The summed E-state index contributed by atoms with van der Waals surface area (Å²) in [5.74, 6) is 0.712. The number of hydrogen-bond donors (Lipinski definition) is 0. The van der Waals surface area contributed by atoms with Crippen LogP contribution < -0.4 is 10.3 Å². The maximum absolute atomic E-state index is 13.2. The number of benzene rings is 1. The molecule has 3 aromatic rings. The van der Waals surface area contributed by atoms with Crippen LogP contribution in [0.2, 0.25) is 0 Å². The third kappa shape index (κ3) is 3.45. The topological polar surface area (TPSA) is 81.5 Å². The molecular formula is C23H23N3O4S. The van der Waals surface area contributed by atoms with Crippen LogP contribution in [-0.2, 0) is 16.6 Å². The highest BCUT2D eigenvalue weighted by molar-refractivity contribution is 7.89. The molecule has 0 aliphatic carbocycles. The van der Waals surface area contributed by atoms with Crippen LogP contribution in [0.15, 0.2) is 70.6 Å². The van der Waals surface area contributed by atoms with E-state index in [9.17, 15) is 13.2 Å². The molecule has 0 N–H and O–H groups in total. The van der Waals surface area contributed by atoms with Gasteiger partial charge in [-0.05, 0) is 54.8 Å². The molecule has 2 aromatic heterocycles. The molecule has 2 atom stereocenters. The van der Waals surface area contributed by atoms with E-state index in [4.69, 9.17) is 4.74 Å². The van der Waals surface area contributed by atoms with Crippen LogP contribution in [0.4, 0.5) is 0 Å². The fourth-order valence-electron chi connectivity index (χ4n) is 4.74. The zero-order valence-electron chi connectivity index (χ0n) is 17.1. The van der Waals surface area contributed by atoms with Crippen LogP contribution >= 0.6 is 0 Å². The van der Waals surface area contributed by atoms with Gasteiger partial charge in [0.15, 0.2) is 0 Å². The van der Waals surface area contributed by atoms with Gasteiger partial charge >= 0.3 is 0 Å². The van der Waals surface area contributed by atoms with Crippen molar-refractivity contribution in [1.29, 1.82) is 0 Å². The normalized spacial score (nSPS) is 20.8. The maximum Gasteiger partial charge on any atom is 0.258 e. The lowest BCUT2D eigenvalue weighted by Gasteiger charge is -2.42. The van der Waals surface area contributed by atoms with E-state index >= 15 is 0 Å². The molecular weight excluding hydrogens is 414 g/mol. The van der Waals surface area contributed by atoms with Crippen molar-refractivity contribution in [2.24, 2.45) is 5.92 Å². The number of fused-ring (bicyclic) bond motifs is 4. The minimum Gasteiger partial charge on any atom is -0.497 e. The first-order chi connectivity index (χ1) is 15.0. The van der Waals surface area contributed by atoms with E-state index in [0.717, 1.165) is 17.7 Å². The number of rotatable bonds is 4. The molecule has 0 radical (unpaired) electrons. The van der Waals surface area contributed by atoms with Gasteiger partial charge in [-0.25, -0.2) is 8.42 Å². The van der Waals surface area contributed by atoms with E-state index in [2.05, 4.69) is 4.98 Å². The van der Waals surface area contributed by atoms with Crippen LogP contribution in [0.25, 0.3) is 11.1 Å². The average molecular weight is 438 g/mol. The summed E-state index contributed by atoms with van der Waals surface area (Å²) in [5, 5.41) is 0. The Morgan fingerprint density at radius 2 is 1.84 bits per heavy atom. The van der Waals surface area contributed by atoms with Crippen molar-refractivity contribution in [2.75, 3.05) is 20.2 Å². The number of sulfonamides is 1. The van der Waals surface area contributed by atoms with E-state index in [1.165, 1.54) is 0 Å². The Hall–Kier alpha value is -2.97. The van der Waals surface area contributed by atoms with E-state index in [0.29, 0.717) is 30.9 Å². The number of methoxy groups -OCH3 is 1. The quantitative estimate of drug-likeness (QED) is 0.627. The van der Waals surface area contributed by atoms with Crippen LogP contribution in [-0.4, -0.2) is 42.5 Å². The molecule has 2 unspecified atom stereocenters. The van der Waals surface area contributed by atoms with E-state index < -0.39 is 10.0 Å². The number of pyridine rings is 2. The molecule has 1 aromatic carbocycles. The second-order valence-corrected chi connectivity index (χ2v) is 10.1. The Kier molecular flexibility index (Phi) is 4.91. The summed E-state index contributed by atoms with van der Waals surface area (Å²) in [6, 6.07) is 14.0. The van der Waals surface area contributed by atoms with Crippen molar-refractivity contribution in [3.8, 4) is 16.9 Å². The molecule has 0 saturated carbocycles. The zero-order chi connectivity index (χ0) is 21.6. The molecule has 7 nitrogen and oxygen atoms in total. The van der Waals surface area contributed by atoms with Crippen molar-refractivity contribution in [2.45, 2.75) is 23.8 Å². The van der Waals surface area contributed by atoms with Gasteiger partial charge in [-0.2, -0.15) is 4.31 Å². The van der Waals surface area contributed by atoms with Gasteiger partial charge < -0.3 is 9.30 Å². The van der Waals surface area contributed by atoms with Gasteiger partial charge in [-0.15, -0.1) is 0 Å². The molecule has 31 heavy (non-hydrogen) atoms. The molecule has 4 heterocycles. The van der Waals surface area contributed by atoms with Gasteiger partial charge in [0.1, 0.15) is 5.75 Å². The largest absolute Gasteiger partial charge is 0.497 e. The molecule has 2 aliphatic heterocycles. The standard InChI is InChI=1S/C23H23N3O4S/c1-30-19-4-6-20(7-5-19)31(28,29)25-13-16-11-18(15-25)22-9-8-21(23(27)26(22)14-16)17-3-2-10-24-12-17/h2-10,12,16,18H,11,13-15H2,1H3. The molecule has 2 bridgehead atoms. The lowest BCUT2D eigenvalue weighted by atomic mass is 9.84. The van der Waals surface area contributed by atoms with Gasteiger partial charge in [-0.3, -0.25) is 9.78 Å². The maximum atomic E-state index is 13.2. The molecule has 8 heteroatoms. The van der Waals surface area contributed by atoms with Crippen LogP contribution in [0.1, 0.15) is 18.0 Å². The first-order valence-electron chi connectivity index (χ1n) is 10.3. The molecule has 1 saturated heterocycles. The van der Waals surface area contributed by atoms with Crippen LogP contribution in [0.3, 0.4) is 0 Å². The summed E-state index contributed by atoms with van der Waals surface area (Å²) >= 11 is 0. The lowest BCUT2D eigenvalue weighted by molar-refractivity contribution is 0.186. The molecule has 160 valence electrons. The summed E-state index contributed by atoms with van der Waals surface area (Å²) in [6.45, 7) is 1.30. The second-order valence-electron chi connectivity index (χ2n) is 8.13. The van der Waals surface area contributed by atoms with Gasteiger partial charge in [-0.1, -0.05) is 6.07 Å². The van der Waals surface area contributed by atoms with E-state index in [1.54, 1.807) is 48.1 Å². The van der Waals surface area contributed by atoms with Crippen LogP contribution in [0, 0.1) is 5.92 Å². The van der Waals surface area contributed by atoms with Crippen molar-refractivity contribution in [1.82, 2.24) is 13.9 Å².